The van der Waals surface area contributed by atoms with Crippen molar-refractivity contribution in [3.8, 4) is 11.5 Å². The first-order valence-corrected chi connectivity index (χ1v) is 11.0. The van der Waals surface area contributed by atoms with Gasteiger partial charge in [0.15, 0.2) is 6.61 Å². The molecule has 6 nitrogen and oxygen atoms in total. The maximum Gasteiger partial charge on any atom is 0.276 e. The Kier molecular flexibility index (Phi) is 8.27. The lowest BCUT2D eigenvalue weighted by molar-refractivity contribution is -0.123. The highest BCUT2D eigenvalue weighted by atomic mass is 79.9. The molecule has 0 aromatic heterocycles. The van der Waals surface area contributed by atoms with Crippen LogP contribution >= 0.6 is 15.9 Å². The van der Waals surface area contributed by atoms with Gasteiger partial charge in [-0.2, -0.15) is 0 Å². The van der Waals surface area contributed by atoms with Gasteiger partial charge in [-0.05, 0) is 48.7 Å². The van der Waals surface area contributed by atoms with Gasteiger partial charge in [-0.1, -0.05) is 64.5 Å². The van der Waals surface area contributed by atoms with Crippen LogP contribution in [0.15, 0.2) is 71.2 Å². The number of nitrogens with one attached hydrogen (secondary N) is 2. The Labute approximate surface area is 196 Å². The quantitative estimate of drug-likeness (QED) is 0.449. The number of hydrazine groups is 1. The molecule has 0 aliphatic rings. The molecular weight excluding hydrogens is 472 g/mol. The normalized spacial score (nSPS) is 10.3. The number of benzene rings is 3. The van der Waals surface area contributed by atoms with Crippen LogP contribution in [0.5, 0.6) is 11.5 Å². The van der Waals surface area contributed by atoms with E-state index in [4.69, 9.17) is 9.47 Å². The fourth-order valence-corrected chi connectivity index (χ4v) is 3.48. The third-order valence-corrected chi connectivity index (χ3v) is 5.24. The van der Waals surface area contributed by atoms with Crippen molar-refractivity contribution < 1.29 is 19.1 Å². The van der Waals surface area contributed by atoms with E-state index < -0.39 is 11.8 Å². The Bertz CT molecular complexity index is 1070. The van der Waals surface area contributed by atoms with E-state index in [-0.39, 0.29) is 6.61 Å². The van der Waals surface area contributed by atoms with E-state index in [0.717, 1.165) is 21.2 Å². The zero-order valence-corrected chi connectivity index (χ0v) is 19.6. The number of halogens is 1. The first-order valence-electron chi connectivity index (χ1n) is 10.2. The van der Waals surface area contributed by atoms with E-state index in [1.807, 2.05) is 62.4 Å². The predicted octanol–water partition coefficient (Wildman–Crippen LogP) is 4.53. The third kappa shape index (κ3) is 6.59. The molecule has 0 saturated heterocycles. The fourth-order valence-electron chi connectivity index (χ4n) is 3.12. The van der Waals surface area contributed by atoms with Crippen molar-refractivity contribution in [3.63, 3.8) is 0 Å². The fraction of sp³-hybridized carbons (Fsp3) is 0.200. The van der Waals surface area contributed by atoms with Gasteiger partial charge in [0.25, 0.3) is 11.8 Å². The van der Waals surface area contributed by atoms with Crippen LogP contribution in [-0.2, 0) is 11.2 Å². The Hall–Kier alpha value is -3.32. The molecule has 0 radical (unpaired) electrons. The zero-order valence-electron chi connectivity index (χ0n) is 18.0. The molecule has 3 aromatic carbocycles. The number of amides is 2. The molecular formula is C25H25BrN2O4. The second kappa shape index (κ2) is 11.3. The van der Waals surface area contributed by atoms with E-state index in [1.54, 1.807) is 18.2 Å². The van der Waals surface area contributed by atoms with Gasteiger partial charge in [-0.25, -0.2) is 0 Å². The largest absolute Gasteiger partial charge is 0.492 e. The summed E-state index contributed by atoms with van der Waals surface area (Å²) in [6.45, 7) is 4.02. The van der Waals surface area contributed by atoms with Crippen molar-refractivity contribution in [2.24, 2.45) is 0 Å². The van der Waals surface area contributed by atoms with Crippen molar-refractivity contribution in [1.29, 1.82) is 0 Å². The summed E-state index contributed by atoms with van der Waals surface area (Å²) in [5, 5.41) is 0. The Balaban J connectivity index is 1.54. The van der Waals surface area contributed by atoms with Crippen molar-refractivity contribution >= 4 is 27.7 Å². The van der Waals surface area contributed by atoms with Crippen LogP contribution in [0.25, 0.3) is 0 Å². The zero-order chi connectivity index (χ0) is 22.9. The molecule has 0 heterocycles. The van der Waals surface area contributed by atoms with Gasteiger partial charge in [0.05, 0.1) is 12.2 Å². The number of aryl methyl sites for hydroxylation is 2. The molecule has 0 aliphatic carbocycles. The molecule has 0 unspecified atom stereocenters. The minimum Gasteiger partial charge on any atom is -0.492 e. The molecule has 2 N–H and O–H groups in total. The second-order valence-electron chi connectivity index (χ2n) is 7.24. The van der Waals surface area contributed by atoms with Crippen LogP contribution in [0.1, 0.15) is 27.0 Å². The molecule has 0 aliphatic heterocycles. The first kappa shape index (κ1) is 23.3. The molecule has 7 heteroatoms. The van der Waals surface area contributed by atoms with Gasteiger partial charge in [0.1, 0.15) is 11.5 Å². The van der Waals surface area contributed by atoms with Crippen molar-refractivity contribution in [2.45, 2.75) is 20.3 Å². The second-order valence-corrected chi connectivity index (χ2v) is 8.15. The van der Waals surface area contributed by atoms with Crippen molar-refractivity contribution in [1.82, 2.24) is 10.9 Å². The Morgan fingerprint density at radius 3 is 2.31 bits per heavy atom. The third-order valence-electron chi connectivity index (χ3n) is 4.75. The molecule has 32 heavy (non-hydrogen) atoms. The molecule has 3 aromatic rings. The molecule has 0 atom stereocenters. The Morgan fingerprint density at radius 2 is 1.59 bits per heavy atom. The number of hydrogen-bond acceptors (Lipinski definition) is 4. The number of hydrogen-bond donors (Lipinski definition) is 2. The summed E-state index contributed by atoms with van der Waals surface area (Å²) in [6.07, 6.45) is 0.713. The topological polar surface area (TPSA) is 76.7 Å². The highest BCUT2D eigenvalue weighted by molar-refractivity contribution is 9.10. The average molecular weight is 497 g/mol. The molecule has 0 bridgehead atoms. The molecule has 166 valence electrons. The summed E-state index contributed by atoms with van der Waals surface area (Å²) < 4.78 is 12.2. The van der Waals surface area contributed by atoms with Crippen LogP contribution in [-0.4, -0.2) is 25.0 Å². The first-order chi connectivity index (χ1) is 15.4. The van der Waals surface area contributed by atoms with E-state index in [0.29, 0.717) is 30.1 Å². The lowest BCUT2D eigenvalue weighted by Crippen LogP contribution is -2.44. The summed E-state index contributed by atoms with van der Waals surface area (Å²) >= 11 is 3.37. The molecule has 3 rings (SSSR count). The molecule has 0 spiro atoms. The van der Waals surface area contributed by atoms with E-state index in [9.17, 15) is 9.59 Å². The van der Waals surface area contributed by atoms with Gasteiger partial charge in [0, 0.05) is 10.9 Å². The van der Waals surface area contributed by atoms with Crippen molar-refractivity contribution in [3.05, 3.63) is 93.5 Å². The minimum absolute atomic E-state index is 0.217. The monoisotopic (exact) mass is 496 g/mol. The highest BCUT2D eigenvalue weighted by Gasteiger charge is 2.15. The van der Waals surface area contributed by atoms with Crippen molar-refractivity contribution in [2.75, 3.05) is 13.2 Å². The SMILES string of the molecule is Cc1cccc(C)c1OCC(=O)NNC(=O)c1cc(Br)ccc1OCCc1ccccc1. The van der Waals surface area contributed by atoms with Crippen LogP contribution in [0.3, 0.4) is 0 Å². The van der Waals surface area contributed by atoms with Gasteiger partial charge in [-0.15, -0.1) is 0 Å². The van der Waals surface area contributed by atoms with E-state index in [2.05, 4.69) is 26.8 Å². The predicted molar refractivity (Wildman–Crippen MR) is 127 cm³/mol. The van der Waals surface area contributed by atoms with Gasteiger partial charge in [0.2, 0.25) is 0 Å². The molecule has 0 fully saturated rings. The lowest BCUT2D eigenvalue weighted by atomic mass is 10.1. The average Bonchev–Trinajstić information content (AvgIpc) is 2.79. The van der Waals surface area contributed by atoms with Gasteiger partial charge >= 0.3 is 0 Å². The maximum absolute atomic E-state index is 12.7. The summed E-state index contributed by atoms with van der Waals surface area (Å²) in [4.78, 5) is 24.8. The van der Waals surface area contributed by atoms with Gasteiger partial charge in [-0.3, -0.25) is 20.4 Å². The van der Waals surface area contributed by atoms with Crippen LogP contribution in [0.2, 0.25) is 0 Å². The Morgan fingerprint density at radius 1 is 0.875 bits per heavy atom. The number of para-hydroxylation sites is 1. The summed E-state index contributed by atoms with van der Waals surface area (Å²) in [5.74, 6) is 0.140. The summed E-state index contributed by atoms with van der Waals surface area (Å²) in [5.41, 5.74) is 8.14. The van der Waals surface area contributed by atoms with Gasteiger partial charge < -0.3 is 9.47 Å². The van der Waals surface area contributed by atoms with Crippen LogP contribution < -0.4 is 20.3 Å². The minimum atomic E-state index is -0.485. The lowest BCUT2D eigenvalue weighted by Gasteiger charge is -2.14. The molecule has 0 saturated carbocycles. The number of rotatable bonds is 8. The van der Waals surface area contributed by atoms with Crippen LogP contribution in [0, 0.1) is 13.8 Å². The number of carbonyl (C=O) groups is 2. The number of carbonyl (C=O) groups excluding carboxylic acids is 2. The van der Waals surface area contributed by atoms with E-state index >= 15 is 0 Å². The standard InChI is InChI=1S/C25H25BrN2O4/c1-17-7-6-8-18(2)24(17)32-16-23(29)27-28-25(30)21-15-20(26)11-12-22(21)31-14-13-19-9-4-3-5-10-19/h3-12,15H,13-14,16H2,1-2H3,(H,27,29)(H,28,30). The summed E-state index contributed by atoms with van der Waals surface area (Å²) in [7, 11) is 0. The summed E-state index contributed by atoms with van der Waals surface area (Å²) in [6, 6.07) is 20.9. The smallest absolute Gasteiger partial charge is 0.276 e. The molecule has 2 amide bonds. The highest BCUT2D eigenvalue weighted by Crippen LogP contribution is 2.24. The van der Waals surface area contributed by atoms with Crippen LogP contribution in [0.4, 0.5) is 0 Å². The van der Waals surface area contributed by atoms with E-state index in [1.165, 1.54) is 0 Å². The maximum atomic E-state index is 12.7. The number of ether oxygens (including phenoxy) is 2.